The maximum atomic E-state index is 6.47. The normalized spacial score (nSPS) is 23.1. The number of allylic oxidation sites excluding steroid dienone is 4. The Balaban J connectivity index is 0.00000137. The van der Waals surface area contributed by atoms with E-state index >= 15 is 0 Å². The van der Waals surface area contributed by atoms with Gasteiger partial charge in [-0.3, -0.25) is 0 Å². The zero-order chi connectivity index (χ0) is 26.8. The van der Waals surface area contributed by atoms with Crippen LogP contribution in [0, 0.1) is 58.9 Å². The molecule has 0 saturated heterocycles. The fraction of sp³-hybridized carbons (Fsp3) is 0.517. The van der Waals surface area contributed by atoms with Gasteiger partial charge >= 0.3 is 37.9 Å². The molecule has 2 fully saturated rings. The van der Waals surface area contributed by atoms with Crippen molar-refractivity contribution in [1.29, 1.82) is 0 Å². The quantitative estimate of drug-likeness (QED) is 0.202. The van der Waals surface area contributed by atoms with Crippen molar-refractivity contribution in [2.45, 2.75) is 92.5 Å². The Hall–Kier alpha value is 1.34. The van der Waals surface area contributed by atoms with E-state index in [1.165, 1.54) is 41.4 Å². The summed E-state index contributed by atoms with van der Waals surface area (Å²) in [6, 6.07) is 0. The van der Waals surface area contributed by atoms with Gasteiger partial charge in [0.15, 0.2) is 8.32 Å². The van der Waals surface area contributed by atoms with Crippen LogP contribution in [-0.4, -0.2) is 23.0 Å². The van der Waals surface area contributed by atoms with Crippen molar-refractivity contribution in [2.24, 2.45) is 0 Å². The summed E-state index contributed by atoms with van der Waals surface area (Å²) >= 11 is -0.826. The standard InChI is InChI=1S/C29H44OSi2.2ClH.Zr/c1-20-21(2)23(4)28(22(20)3)31(8,9)27-19-24(25-16-12-13-17-26(25)27)15-14-18-30-32(10,11)29(5,6)7;;;/h12-13,16-17,19H,14-15,18H2,1-11H3;2*1H;/q;;;+4/p-2. The molecule has 0 N–H and O–H groups in total. The molecular weight excluding hydrogens is 583 g/mol. The van der Waals surface area contributed by atoms with E-state index in [2.05, 4.69) is 105 Å². The van der Waals surface area contributed by atoms with Gasteiger partial charge in [-0.15, -0.1) is 0 Å². The van der Waals surface area contributed by atoms with Gasteiger partial charge in [-0.25, -0.2) is 0 Å². The average Bonchev–Trinajstić information content (AvgIpc) is 3.23. The molecule has 0 bridgehead atoms. The van der Waals surface area contributed by atoms with Crippen molar-refractivity contribution >= 4 is 33.4 Å². The molecule has 0 aromatic rings. The van der Waals surface area contributed by atoms with Crippen LogP contribution in [0.5, 0.6) is 0 Å². The van der Waals surface area contributed by atoms with Gasteiger partial charge in [-0.1, -0.05) is 85.9 Å². The summed E-state index contributed by atoms with van der Waals surface area (Å²) in [6.45, 7) is 26.9. The molecule has 0 aliphatic heterocycles. The third-order valence-electron chi connectivity index (χ3n) is 8.48. The molecule has 3 aliphatic carbocycles. The molecule has 10 radical (unpaired) electrons. The van der Waals surface area contributed by atoms with E-state index in [0.29, 0.717) is 0 Å². The van der Waals surface area contributed by atoms with Gasteiger partial charge in [0.25, 0.3) is 0 Å². The fourth-order valence-electron chi connectivity index (χ4n) is 5.15. The van der Waals surface area contributed by atoms with Gasteiger partial charge in [-0.05, 0) is 78.1 Å². The van der Waals surface area contributed by atoms with Gasteiger partial charge in [0.05, 0.1) is 8.07 Å². The molecule has 0 spiro atoms. The number of halogens is 2. The van der Waals surface area contributed by atoms with E-state index < -0.39 is 37.2 Å². The summed E-state index contributed by atoms with van der Waals surface area (Å²) < 4.78 is 6.47. The fourth-order valence-corrected chi connectivity index (χ4v) is 10.2. The molecule has 190 valence electrons. The van der Waals surface area contributed by atoms with E-state index in [1.807, 2.05) is 0 Å². The summed E-state index contributed by atoms with van der Waals surface area (Å²) in [4.78, 5) is 0. The van der Waals surface area contributed by atoms with Gasteiger partial charge in [0, 0.05) is 18.4 Å². The molecule has 3 aliphatic rings. The molecule has 0 aromatic heterocycles. The molecule has 2 saturated carbocycles. The van der Waals surface area contributed by atoms with Crippen LogP contribution in [0.1, 0.15) is 61.3 Å². The van der Waals surface area contributed by atoms with E-state index in [9.17, 15) is 0 Å². The second kappa shape index (κ2) is 13.1. The molecule has 0 amide bonds. The molecule has 3 rings (SSSR count). The molecule has 0 atom stereocenters. The Kier molecular flexibility index (Phi) is 12.2. The van der Waals surface area contributed by atoms with Crippen LogP contribution >= 0.6 is 17.0 Å². The average molecular weight is 627 g/mol. The zero-order valence-corrected chi connectivity index (χ0v) is 29.6. The van der Waals surface area contributed by atoms with Crippen molar-refractivity contribution < 1.29 is 25.3 Å². The molecule has 0 heterocycles. The Morgan fingerprint density at radius 1 is 0.829 bits per heavy atom. The van der Waals surface area contributed by atoms with Crippen LogP contribution in [0.4, 0.5) is 0 Å². The number of fused-ring (bicyclic) bond motifs is 1. The van der Waals surface area contributed by atoms with Crippen molar-refractivity contribution in [1.82, 2.24) is 0 Å². The van der Waals surface area contributed by atoms with Crippen LogP contribution in [0.3, 0.4) is 0 Å². The minimum atomic E-state index is -1.83. The molecule has 0 aromatic carbocycles. The topological polar surface area (TPSA) is 9.23 Å². The predicted octanol–water partition coefficient (Wildman–Crippen LogP) is 9.56. The molecule has 6 heteroatoms. The van der Waals surface area contributed by atoms with Gasteiger partial charge < -0.3 is 4.43 Å². The first-order chi connectivity index (χ1) is 16.1. The molecule has 0 unspecified atom stereocenters. The first-order valence-electron chi connectivity index (χ1n) is 12.6. The summed E-state index contributed by atoms with van der Waals surface area (Å²) in [5.41, 5.74) is 3.25. The number of hydrogen-bond donors (Lipinski definition) is 0. The second-order valence-corrected chi connectivity index (χ2v) is 24.7. The first kappa shape index (κ1) is 32.5. The Morgan fingerprint density at radius 3 is 1.80 bits per heavy atom. The summed E-state index contributed by atoms with van der Waals surface area (Å²) in [5, 5.41) is 0.272. The van der Waals surface area contributed by atoms with Gasteiger partial charge in [-0.2, -0.15) is 0 Å². The van der Waals surface area contributed by atoms with Crippen LogP contribution in [0.2, 0.25) is 31.2 Å². The van der Waals surface area contributed by atoms with Crippen LogP contribution in [0.25, 0.3) is 0 Å². The van der Waals surface area contributed by atoms with Crippen LogP contribution in [0.15, 0.2) is 24.3 Å². The van der Waals surface area contributed by atoms with E-state index in [0.717, 1.165) is 19.4 Å². The molecule has 1 nitrogen and oxygen atoms in total. The summed E-state index contributed by atoms with van der Waals surface area (Å²) in [6.07, 6.45) is 13.8. The van der Waals surface area contributed by atoms with Crippen LogP contribution in [-0.2, 0) is 25.3 Å². The number of rotatable bonds is 7. The monoisotopic (exact) mass is 624 g/mol. The SMILES string of the molecule is C[C]1[C](C)[C](C)[C]([Si](C)(C)[C]2[CH][C](CCCO[Si](C)(C)C(C)(C)C)[C]3C=CC=C[C]32)[C]1C.[Cl][Zr+2][Cl]. The summed E-state index contributed by atoms with van der Waals surface area (Å²) in [5.74, 6) is 10.4. The first-order valence-corrected chi connectivity index (χ1v) is 24.9. The third-order valence-corrected chi connectivity index (χ3v) is 16.8. The Bertz CT molecular complexity index is 719. The number of hydrogen-bond acceptors (Lipinski definition) is 1. The van der Waals surface area contributed by atoms with Crippen molar-refractivity contribution in [3.63, 3.8) is 0 Å². The summed E-state index contributed by atoms with van der Waals surface area (Å²) in [7, 11) is 6.37. The van der Waals surface area contributed by atoms with Crippen molar-refractivity contribution in [3.8, 4) is 0 Å². The third kappa shape index (κ3) is 7.30. The Labute approximate surface area is 239 Å². The molecular formula is C29H44Cl2OSi2Zr+2. The van der Waals surface area contributed by atoms with E-state index in [-0.39, 0.29) is 5.04 Å². The van der Waals surface area contributed by atoms with E-state index in [4.69, 9.17) is 21.5 Å². The van der Waals surface area contributed by atoms with Crippen LogP contribution < -0.4 is 0 Å². The maximum absolute atomic E-state index is 6.47. The Morgan fingerprint density at radius 2 is 1.31 bits per heavy atom. The molecule has 35 heavy (non-hydrogen) atoms. The van der Waals surface area contributed by atoms with Crippen molar-refractivity contribution in [2.75, 3.05) is 6.61 Å². The van der Waals surface area contributed by atoms with Gasteiger partial charge in [0.1, 0.15) is 0 Å². The van der Waals surface area contributed by atoms with Gasteiger partial charge in [0.2, 0.25) is 0 Å². The van der Waals surface area contributed by atoms with E-state index in [1.54, 1.807) is 11.1 Å². The predicted molar refractivity (Wildman–Crippen MR) is 156 cm³/mol. The minimum absolute atomic E-state index is 0.272. The second-order valence-electron chi connectivity index (χ2n) is 11.9. The van der Waals surface area contributed by atoms with Crippen molar-refractivity contribution in [3.05, 3.63) is 83.2 Å². The zero-order valence-electron chi connectivity index (χ0n) is 23.7.